The van der Waals surface area contributed by atoms with Crippen LogP contribution in [0.15, 0.2) is 108 Å². The van der Waals surface area contributed by atoms with E-state index in [-0.39, 0.29) is 23.4 Å². The van der Waals surface area contributed by atoms with Gasteiger partial charge in [-0.2, -0.15) is 0 Å². The molecule has 0 unspecified atom stereocenters. The maximum Gasteiger partial charge on any atom is 0.264 e. The van der Waals surface area contributed by atoms with E-state index in [9.17, 15) is 18.0 Å². The molecule has 4 aromatic rings. The van der Waals surface area contributed by atoms with E-state index in [1.807, 2.05) is 87.5 Å². The summed E-state index contributed by atoms with van der Waals surface area (Å²) in [6.45, 7) is 5.41. The molecule has 1 aliphatic carbocycles. The number of para-hydroxylation sites is 1. The Labute approximate surface area is 279 Å². The smallest absolute Gasteiger partial charge is 0.264 e. The molecule has 1 N–H and O–H groups in total. The van der Waals surface area contributed by atoms with E-state index >= 15 is 0 Å². The number of benzene rings is 4. The summed E-state index contributed by atoms with van der Waals surface area (Å²) in [5.74, 6) is -0.671. The van der Waals surface area contributed by atoms with Gasteiger partial charge in [-0.15, -0.1) is 0 Å². The van der Waals surface area contributed by atoms with E-state index in [1.165, 1.54) is 4.31 Å². The molecule has 8 heteroatoms. The molecule has 4 aromatic carbocycles. The van der Waals surface area contributed by atoms with Crippen LogP contribution in [0.2, 0.25) is 0 Å². The molecule has 0 saturated heterocycles. The Hall–Kier alpha value is -4.43. The first kappa shape index (κ1) is 33.9. The van der Waals surface area contributed by atoms with Crippen molar-refractivity contribution in [1.82, 2.24) is 10.2 Å². The highest BCUT2D eigenvalue weighted by atomic mass is 32.2. The van der Waals surface area contributed by atoms with Crippen LogP contribution < -0.4 is 9.62 Å². The number of nitrogens with zero attached hydrogens (tertiary/aromatic N) is 2. The van der Waals surface area contributed by atoms with Crippen LogP contribution in [0.4, 0.5) is 5.69 Å². The third-order valence-electron chi connectivity index (χ3n) is 8.93. The lowest BCUT2D eigenvalue weighted by Gasteiger charge is -2.35. The number of carbonyl (C=O) groups is 2. The average Bonchev–Trinajstić information content (AvgIpc) is 3.06. The molecule has 0 aromatic heterocycles. The third kappa shape index (κ3) is 8.69. The number of sulfonamides is 1. The number of aryl methyl sites for hydroxylation is 3. The van der Waals surface area contributed by atoms with Gasteiger partial charge in [0.15, 0.2) is 0 Å². The van der Waals surface area contributed by atoms with Gasteiger partial charge in [0.25, 0.3) is 10.0 Å². The van der Waals surface area contributed by atoms with Gasteiger partial charge in [0, 0.05) is 19.0 Å². The molecule has 1 saturated carbocycles. The fraction of sp³-hybridized carbons (Fsp3) is 0.333. The van der Waals surface area contributed by atoms with Gasteiger partial charge in [0.1, 0.15) is 12.6 Å². The molecule has 0 aliphatic heterocycles. The van der Waals surface area contributed by atoms with Crippen LogP contribution in [0.25, 0.3) is 0 Å². The van der Waals surface area contributed by atoms with Crippen molar-refractivity contribution in [2.24, 2.45) is 0 Å². The SMILES string of the molecule is Cc1ccc(S(=O)(=O)N(CC(=O)N(Cc2cccc(C)c2)[C@H](Cc2ccccc2)C(=O)NC2CCCCC2)c2ccccc2C)cc1. The molecule has 1 aliphatic rings. The molecular weight excluding hydrogens is 607 g/mol. The van der Waals surface area contributed by atoms with Gasteiger partial charge in [-0.25, -0.2) is 8.42 Å². The zero-order valence-corrected chi connectivity index (χ0v) is 28.4. The van der Waals surface area contributed by atoms with Gasteiger partial charge < -0.3 is 10.2 Å². The van der Waals surface area contributed by atoms with Crippen molar-refractivity contribution in [3.8, 4) is 0 Å². The van der Waals surface area contributed by atoms with E-state index < -0.39 is 28.5 Å². The fourth-order valence-corrected chi connectivity index (χ4v) is 7.78. The molecule has 47 heavy (non-hydrogen) atoms. The summed E-state index contributed by atoms with van der Waals surface area (Å²) in [6, 6.07) is 30.5. The molecule has 0 radical (unpaired) electrons. The average molecular weight is 652 g/mol. The van der Waals surface area contributed by atoms with Crippen molar-refractivity contribution < 1.29 is 18.0 Å². The lowest BCUT2D eigenvalue weighted by atomic mass is 9.94. The van der Waals surface area contributed by atoms with Gasteiger partial charge in [-0.1, -0.05) is 115 Å². The second kappa shape index (κ2) is 15.4. The second-order valence-electron chi connectivity index (χ2n) is 12.7. The molecule has 1 atom stereocenters. The Kier molecular flexibility index (Phi) is 11.1. The molecule has 2 amide bonds. The minimum absolute atomic E-state index is 0.0517. The monoisotopic (exact) mass is 651 g/mol. The minimum Gasteiger partial charge on any atom is -0.352 e. The third-order valence-corrected chi connectivity index (χ3v) is 10.7. The van der Waals surface area contributed by atoms with Crippen LogP contribution in [0.5, 0.6) is 0 Å². The summed E-state index contributed by atoms with van der Waals surface area (Å²) < 4.78 is 29.8. The van der Waals surface area contributed by atoms with Gasteiger partial charge >= 0.3 is 0 Å². The number of amides is 2. The number of hydrogen-bond donors (Lipinski definition) is 1. The predicted octanol–water partition coefficient (Wildman–Crippen LogP) is 6.90. The Morgan fingerprint density at radius 2 is 1.43 bits per heavy atom. The summed E-state index contributed by atoms with van der Waals surface area (Å²) >= 11 is 0. The first-order chi connectivity index (χ1) is 22.6. The number of carbonyl (C=O) groups excluding carboxylic acids is 2. The van der Waals surface area contributed by atoms with Crippen LogP contribution >= 0.6 is 0 Å². The minimum atomic E-state index is -4.14. The first-order valence-electron chi connectivity index (χ1n) is 16.5. The molecule has 1 fully saturated rings. The van der Waals surface area contributed by atoms with E-state index in [4.69, 9.17) is 0 Å². The van der Waals surface area contributed by atoms with Crippen molar-refractivity contribution in [1.29, 1.82) is 0 Å². The largest absolute Gasteiger partial charge is 0.352 e. The Bertz CT molecular complexity index is 1770. The molecule has 0 heterocycles. The Balaban J connectivity index is 1.57. The number of hydrogen-bond acceptors (Lipinski definition) is 4. The zero-order valence-electron chi connectivity index (χ0n) is 27.6. The van der Waals surface area contributed by atoms with Crippen LogP contribution in [0.3, 0.4) is 0 Å². The van der Waals surface area contributed by atoms with Gasteiger partial charge in [0.05, 0.1) is 10.6 Å². The Morgan fingerprint density at radius 1 is 0.766 bits per heavy atom. The van der Waals surface area contributed by atoms with Crippen LogP contribution in [-0.4, -0.2) is 43.8 Å². The standard InChI is InChI=1S/C39H45N3O4S/c1-29-21-23-35(24-22-29)47(45,46)42(36-20-11-10-14-31(36)3)28-38(43)41(27-33-17-12-13-30(2)25-33)37(26-32-15-6-4-7-16-32)39(44)40-34-18-8-5-9-19-34/h4,6-7,10-17,20-25,34,37H,5,8-9,18-19,26-28H2,1-3H3,(H,40,44)/t37-/m1/s1. The fourth-order valence-electron chi connectivity index (χ4n) is 6.30. The highest BCUT2D eigenvalue weighted by Crippen LogP contribution is 2.28. The van der Waals surface area contributed by atoms with Gasteiger partial charge in [-0.3, -0.25) is 13.9 Å². The molecular formula is C39H45N3O4S. The second-order valence-corrected chi connectivity index (χ2v) is 14.5. The first-order valence-corrected chi connectivity index (χ1v) is 17.9. The van der Waals surface area contributed by atoms with Crippen LogP contribution in [-0.2, 0) is 32.6 Å². The van der Waals surface area contributed by atoms with Gasteiger partial charge in [-0.05, 0) is 68.5 Å². The molecule has 0 spiro atoms. The molecule has 7 nitrogen and oxygen atoms in total. The van der Waals surface area contributed by atoms with Crippen molar-refractivity contribution in [2.45, 2.75) is 82.8 Å². The summed E-state index contributed by atoms with van der Waals surface area (Å²) in [6.07, 6.45) is 5.38. The van der Waals surface area contributed by atoms with E-state index in [1.54, 1.807) is 41.3 Å². The molecule has 0 bridgehead atoms. The molecule has 5 rings (SSSR count). The predicted molar refractivity (Wildman–Crippen MR) is 188 cm³/mol. The van der Waals surface area contributed by atoms with Crippen molar-refractivity contribution in [2.75, 3.05) is 10.8 Å². The van der Waals surface area contributed by atoms with E-state index in [2.05, 4.69) is 5.32 Å². The van der Waals surface area contributed by atoms with E-state index in [0.29, 0.717) is 12.1 Å². The summed E-state index contributed by atoms with van der Waals surface area (Å²) in [5.41, 5.74) is 4.89. The maximum atomic E-state index is 14.7. The van der Waals surface area contributed by atoms with Crippen LogP contribution in [0, 0.1) is 20.8 Å². The highest BCUT2D eigenvalue weighted by Gasteiger charge is 2.35. The zero-order chi connectivity index (χ0) is 33.4. The number of nitrogens with one attached hydrogen (secondary N) is 1. The summed E-state index contributed by atoms with van der Waals surface area (Å²) in [7, 11) is -4.14. The van der Waals surface area contributed by atoms with Crippen molar-refractivity contribution in [3.05, 3.63) is 131 Å². The quantitative estimate of drug-likeness (QED) is 0.181. The lowest BCUT2D eigenvalue weighted by molar-refractivity contribution is -0.140. The lowest BCUT2D eigenvalue weighted by Crippen LogP contribution is -2.55. The topological polar surface area (TPSA) is 86.8 Å². The summed E-state index contributed by atoms with van der Waals surface area (Å²) in [4.78, 5) is 30.6. The number of rotatable bonds is 12. The van der Waals surface area contributed by atoms with Crippen molar-refractivity contribution >= 4 is 27.5 Å². The van der Waals surface area contributed by atoms with Gasteiger partial charge in [0.2, 0.25) is 11.8 Å². The van der Waals surface area contributed by atoms with Crippen molar-refractivity contribution in [3.63, 3.8) is 0 Å². The van der Waals surface area contributed by atoms with E-state index in [0.717, 1.165) is 59.9 Å². The highest BCUT2D eigenvalue weighted by molar-refractivity contribution is 7.92. The number of anilines is 1. The molecule has 246 valence electrons. The maximum absolute atomic E-state index is 14.7. The Morgan fingerprint density at radius 3 is 2.11 bits per heavy atom. The normalized spacial score (nSPS) is 14.3. The van der Waals surface area contributed by atoms with Crippen LogP contribution in [0.1, 0.15) is 59.9 Å². The summed E-state index contributed by atoms with van der Waals surface area (Å²) in [5, 5.41) is 3.26.